The van der Waals surface area contributed by atoms with Gasteiger partial charge in [-0.3, -0.25) is 9.59 Å². The van der Waals surface area contributed by atoms with Crippen LogP contribution in [0.2, 0.25) is 0 Å². The highest BCUT2D eigenvalue weighted by atomic mass is 32.2. The molecule has 1 saturated carbocycles. The number of carbonyl (C=O) groups is 1. The number of likely N-dealkylation sites (tertiary alicyclic amines) is 1. The van der Waals surface area contributed by atoms with Gasteiger partial charge in [0.1, 0.15) is 29.4 Å². The minimum atomic E-state index is -0.620. The summed E-state index contributed by atoms with van der Waals surface area (Å²) in [6.07, 6.45) is 5.14. The number of aliphatic hydroxyl groups excluding tert-OH is 1. The van der Waals surface area contributed by atoms with Crippen LogP contribution in [0.25, 0.3) is 10.9 Å². The number of thioether (sulfide) groups is 1. The SMILES string of the molecule is C.O=C(CO)N1CCC(SCc2nc3cc(OCC4CCC4)cc(F)c3c(=O)[nH]2)CC1. The number of benzene rings is 1. The van der Waals surface area contributed by atoms with Crippen molar-refractivity contribution in [2.24, 2.45) is 5.92 Å². The predicted molar refractivity (Wildman–Crippen MR) is 120 cm³/mol. The van der Waals surface area contributed by atoms with Crippen molar-refractivity contribution in [3.8, 4) is 5.75 Å². The van der Waals surface area contributed by atoms with Crippen molar-refractivity contribution in [2.75, 3.05) is 26.3 Å². The topological polar surface area (TPSA) is 95.5 Å². The van der Waals surface area contributed by atoms with Crippen molar-refractivity contribution in [3.05, 3.63) is 34.1 Å². The second-order valence-electron chi connectivity index (χ2n) is 7.97. The third kappa shape index (κ3) is 5.57. The first-order valence-corrected chi connectivity index (χ1v) is 11.4. The van der Waals surface area contributed by atoms with Gasteiger partial charge in [-0.05, 0) is 31.6 Å². The molecule has 1 aromatic carbocycles. The van der Waals surface area contributed by atoms with Crippen molar-refractivity contribution < 1.29 is 19.0 Å². The van der Waals surface area contributed by atoms with E-state index in [0.29, 0.717) is 53.7 Å². The molecule has 2 heterocycles. The Labute approximate surface area is 185 Å². The largest absolute Gasteiger partial charge is 0.493 e. The van der Waals surface area contributed by atoms with Gasteiger partial charge in [0.05, 0.1) is 17.9 Å². The summed E-state index contributed by atoms with van der Waals surface area (Å²) in [7, 11) is 0. The molecular weight excluding hydrogens is 421 g/mol. The fourth-order valence-corrected chi connectivity index (χ4v) is 4.92. The lowest BCUT2D eigenvalue weighted by Gasteiger charge is -2.31. The molecule has 31 heavy (non-hydrogen) atoms. The normalized spacial score (nSPS) is 17.3. The average Bonchev–Trinajstić information content (AvgIpc) is 2.70. The third-order valence-electron chi connectivity index (χ3n) is 5.88. The first kappa shape index (κ1) is 23.5. The molecule has 2 fully saturated rings. The molecule has 1 aromatic heterocycles. The highest BCUT2D eigenvalue weighted by molar-refractivity contribution is 7.99. The number of aliphatic hydroxyl groups is 1. The summed E-state index contributed by atoms with van der Waals surface area (Å²) in [6, 6.07) is 2.90. The lowest BCUT2D eigenvalue weighted by molar-refractivity contribution is -0.134. The highest BCUT2D eigenvalue weighted by Gasteiger charge is 2.23. The quantitative estimate of drug-likeness (QED) is 0.672. The molecule has 2 N–H and O–H groups in total. The van der Waals surface area contributed by atoms with Gasteiger partial charge in [-0.2, -0.15) is 11.8 Å². The Kier molecular flexibility index (Phi) is 7.94. The molecule has 0 radical (unpaired) electrons. The number of hydrogen-bond donors (Lipinski definition) is 2. The van der Waals surface area contributed by atoms with Crippen LogP contribution in [0, 0.1) is 11.7 Å². The summed E-state index contributed by atoms with van der Waals surface area (Å²) >= 11 is 1.66. The molecule has 2 aromatic rings. The number of piperidine rings is 1. The fourth-order valence-electron chi connectivity index (χ4n) is 3.84. The molecule has 0 spiro atoms. The lowest BCUT2D eigenvalue weighted by Crippen LogP contribution is -2.40. The molecule has 1 aliphatic heterocycles. The number of aromatic nitrogens is 2. The van der Waals surface area contributed by atoms with E-state index in [0.717, 1.165) is 25.7 Å². The third-order valence-corrected chi connectivity index (χ3v) is 7.26. The van der Waals surface area contributed by atoms with Gasteiger partial charge in [0.15, 0.2) is 0 Å². The highest BCUT2D eigenvalue weighted by Crippen LogP contribution is 2.29. The molecule has 4 rings (SSSR count). The van der Waals surface area contributed by atoms with Crippen molar-refractivity contribution in [1.29, 1.82) is 0 Å². The summed E-state index contributed by atoms with van der Waals surface area (Å²) in [6.45, 7) is 1.34. The molecule has 0 bridgehead atoms. The molecule has 1 aliphatic carbocycles. The first-order chi connectivity index (χ1) is 14.5. The Morgan fingerprint density at radius 2 is 2.03 bits per heavy atom. The zero-order valence-electron chi connectivity index (χ0n) is 16.7. The van der Waals surface area contributed by atoms with Gasteiger partial charge in [-0.15, -0.1) is 0 Å². The van der Waals surface area contributed by atoms with E-state index in [4.69, 9.17) is 9.84 Å². The zero-order valence-corrected chi connectivity index (χ0v) is 17.5. The van der Waals surface area contributed by atoms with E-state index < -0.39 is 18.0 Å². The molecule has 170 valence electrons. The number of ether oxygens (including phenoxy) is 1. The number of nitrogens with one attached hydrogen (secondary N) is 1. The molecule has 2 aliphatic rings. The number of aromatic amines is 1. The van der Waals surface area contributed by atoms with E-state index in [1.54, 1.807) is 22.7 Å². The first-order valence-electron chi connectivity index (χ1n) is 10.4. The molecule has 1 saturated heterocycles. The minimum Gasteiger partial charge on any atom is -0.493 e. The maximum atomic E-state index is 14.5. The van der Waals surface area contributed by atoms with Crippen LogP contribution in [-0.4, -0.2) is 57.4 Å². The Balaban J connectivity index is 0.00000272. The second-order valence-corrected chi connectivity index (χ2v) is 9.26. The van der Waals surface area contributed by atoms with Gasteiger partial charge >= 0.3 is 0 Å². The van der Waals surface area contributed by atoms with Crippen LogP contribution in [0.15, 0.2) is 16.9 Å². The molecule has 1 amide bonds. The Hall–Kier alpha value is -2.13. The van der Waals surface area contributed by atoms with Crippen LogP contribution in [-0.2, 0) is 10.5 Å². The van der Waals surface area contributed by atoms with E-state index in [1.807, 2.05) is 0 Å². The number of fused-ring (bicyclic) bond motifs is 1. The monoisotopic (exact) mass is 451 g/mol. The molecule has 0 unspecified atom stereocenters. The number of nitrogens with zero attached hydrogens (tertiary/aromatic N) is 2. The summed E-state index contributed by atoms with van der Waals surface area (Å²) in [5.41, 5.74) is -0.177. The number of halogens is 1. The van der Waals surface area contributed by atoms with Gasteiger partial charge in [-0.25, -0.2) is 9.37 Å². The van der Waals surface area contributed by atoms with Crippen LogP contribution >= 0.6 is 11.8 Å². The predicted octanol–water partition coefficient (Wildman–Crippen LogP) is 3.09. The minimum absolute atomic E-state index is 0. The van der Waals surface area contributed by atoms with E-state index in [-0.39, 0.29) is 18.7 Å². The Bertz CT molecular complexity index is 971. The van der Waals surface area contributed by atoms with E-state index >= 15 is 0 Å². The smallest absolute Gasteiger partial charge is 0.261 e. The summed E-state index contributed by atoms with van der Waals surface area (Å²) in [4.78, 5) is 32.8. The Morgan fingerprint density at radius 3 is 2.68 bits per heavy atom. The number of H-pyrrole nitrogens is 1. The van der Waals surface area contributed by atoms with Crippen LogP contribution in [0.1, 0.15) is 45.4 Å². The van der Waals surface area contributed by atoms with Gasteiger partial charge in [0, 0.05) is 30.5 Å². The lowest BCUT2D eigenvalue weighted by atomic mass is 9.86. The Morgan fingerprint density at radius 1 is 1.29 bits per heavy atom. The maximum absolute atomic E-state index is 14.5. The average molecular weight is 452 g/mol. The maximum Gasteiger partial charge on any atom is 0.261 e. The molecular formula is C22H30FN3O4S. The summed E-state index contributed by atoms with van der Waals surface area (Å²) in [5.74, 6) is 1.08. The van der Waals surface area contributed by atoms with Crippen LogP contribution in [0.4, 0.5) is 4.39 Å². The number of rotatable bonds is 7. The number of amides is 1. The molecule has 9 heteroatoms. The summed E-state index contributed by atoms with van der Waals surface area (Å²) < 4.78 is 20.2. The van der Waals surface area contributed by atoms with Gasteiger partial charge in [0.25, 0.3) is 5.56 Å². The standard InChI is InChI=1S/C21H26FN3O4S.CH4/c22-16-8-14(29-11-13-2-1-3-13)9-17-20(16)21(28)24-18(23-17)12-30-15-4-6-25(7-5-15)19(27)10-26;/h8-9,13,15,26H,1-7,10-12H2,(H,23,24,28);1H4. The zero-order chi connectivity index (χ0) is 21.1. The van der Waals surface area contributed by atoms with Gasteiger partial charge in [0.2, 0.25) is 5.91 Å². The van der Waals surface area contributed by atoms with Crippen molar-refractivity contribution in [3.63, 3.8) is 0 Å². The molecule has 0 atom stereocenters. The van der Waals surface area contributed by atoms with Crippen LogP contribution in [0.3, 0.4) is 0 Å². The van der Waals surface area contributed by atoms with Crippen LogP contribution in [0.5, 0.6) is 5.75 Å². The van der Waals surface area contributed by atoms with Gasteiger partial charge < -0.3 is 19.7 Å². The van der Waals surface area contributed by atoms with E-state index in [9.17, 15) is 14.0 Å². The van der Waals surface area contributed by atoms with E-state index in [1.165, 1.54) is 12.5 Å². The van der Waals surface area contributed by atoms with Crippen molar-refractivity contribution in [2.45, 2.75) is 50.5 Å². The number of carbonyl (C=O) groups excluding carboxylic acids is 1. The summed E-state index contributed by atoms with van der Waals surface area (Å²) in [5, 5.41) is 9.25. The van der Waals surface area contributed by atoms with E-state index in [2.05, 4.69) is 9.97 Å². The van der Waals surface area contributed by atoms with Gasteiger partial charge in [-0.1, -0.05) is 13.8 Å². The van der Waals surface area contributed by atoms with Crippen molar-refractivity contribution >= 4 is 28.6 Å². The fraction of sp³-hybridized carbons (Fsp3) is 0.591. The van der Waals surface area contributed by atoms with Crippen LogP contribution < -0.4 is 10.3 Å². The molecule has 7 nitrogen and oxygen atoms in total. The second kappa shape index (κ2) is 10.5. The number of hydrogen-bond acceptors (Lipinski definition) is 6. The van der Waals surface area contributed by atoms with Crippen molar-refractivity contribution in [1.82, 2.24) is 14.9 Å².